The molecule has 19 heavy (non-hydrogen) atoms. The van der Waals surface area contributed by atoms with Crippen LogP contribution >= 0.6 is 11.6 Å². The second-order valence-corrected chi connectivity index (χ2v) is 6.11. The molecule has 1 aromatic carbocycles. The molecule has 0 radical (unpaired) electrons. The van der Waals surface area contributed by atoms with Gasteiger partial charge in [-0.1, -0.05) is 11.6 Å². The third-order valence-corrected chi connectivity index (χ3v) is 3.78. The summed E-state index contributed by atoms with van der Waals surface area (Å²) in [6, 6.07) is 3.83. The Morgan fingerprint density at radius 3 is 2.89 bits per heavy atom. The average molecular weight is 285 g/mol. The fourth-order valence-electron chi connectivity index (χ4n) is 2.47. The van der Waals surface area contributed by atoms with Crippen LogP contribution in [0.5, 0.6) is 5.75 Å². The van der Waals surface area contributed by atoms with E-state index in [1.807, 2.05) is 26.0 Å². The highest BCUT2D eigenvalue weighted by Crippen LogP contribution is 2.34. The molecule has 0 amide bonds. The summed E-state index contributed by atoms with van der Waals surface area (Å²) >= 11 is 6.11. The number of methoxy groups -OCH3 is 1. The van der Waals surface area contributed by atoms with Gasteiger partial charge in [-0.15, -0.1) is 0 Å². The zero-order valence-electron chi connectivity index (χ0n) is 11.7. The van der Waals surface area contributed by atoms with Crippen LogP contribution < -0.4 is 4.74 Å². The molecule has 1 aliphatic heterocycles. The highest BCUT2D eigenvalue weighted by molar-refractivity contribution is 6.30. The summed E-state index contributed by atoms with van der Waals surface area (Å²) in [5, 5.41) is 10.9. The molecule has 0 spiro atoms. The summed E-state index contributed by atoms with van der Waals surface area (Å²) < 4.78 is 11.0. The first kappa shape index (κ1) is 14.6. The van der Waals surface area contributed by atoms with Gasteiger partial charge in [0.05, 0.1) is 18.3 Å². The minimum absolute atomic E-state index is 0.331. The first-order valence-corrected chi connectivity index (χ1v) is 6.96. The lowest BCUT2D eigenvalue weighted by atomic mass is 9.95. The number of rotatable bonds is 5. The van der Waals surface area contributed by atoms with Crippen molar-refractivity contribution >= 4 is 11.6 Å². The minimum atomic E-state index is -0.471. The summed E-state index contributed by atoms with van der Waals surface area (Å²) in [5.74, 6) is 0.902. The van der Waals surface area contributed by atoms with Crippen molar-refractivity contribution in [2.75, 3.05) is 13.7 Å². The van der Waals surface area contributed by atoms with Crippen LogP contribution in [-0.4, -0.2) is 30.5 Å². The highest BCUT2D eigenvalue weighted by atomic mass is 35.5. The van der Waals surface area contributed by atoms with E-state index in [2.05, 4.69) is 0 Å². The topological polar surface area (TPSA) is 38.7 Å². The molecular formula is C15H21ClO3. The summed E-state index contributed by atoms with van der Waals surface area (Å²) in [4.78, 5) is 0. The van der Waals surface area contributed by atoms with E-state index in [1.54, 1.807) is 7.11 Å². The molecule has 2 rings (SSSR count). The van der Waals surface area contributed by atoms with Gasteiger partial charge in [-0.3, -0.25) is 0 Å². The minimum Gasteiger partial charge on any atom is -0.493 e. The van der Waals surface area contributed by atoms with Crippen LogP contribution in [0.2, 0.25) is 5.02 Å². The Labute approximate surface area is 119 Å². The fraction of sp³-hybridized carbons (Fsp3) is 0.600. The van der Waals surface area contributed by atoms with Crippen LogP contribution in [0.15, 0.2) is 12.1 Å². The van der Waals surface area contributed by atoms with Gasteiger partial charge in [0, 0.05) is 31.4 Å². The maximum Gasteiger partial charge on any atom is 0.126 e. The SMILES string of the molecule is COC(C)(C)CC(O)Cc1cc(Cl)cc2c1OCC2. The molecule has 106 valence electrons. The van der Waals surface area contributed by atoms with Crippen molar-refractivity contribution in [3.63, 3.8) is 0 Å². The lowest BCUT2D eigenvalue weighted by Crippen LogP contribution is -2.29. The normalized spacial score (nSPS) is 16.1. The van der Waals surface area contributed by atoms with E-state index in [1.165, 1.54) is 0 Å². The first-order valence-electron chi connectivity index (χ1n) is 6.58. The number of fused-ring (bicyclic) bond motifs is 1. The molecule has 0 aromatic heterocycles. The Balaban J connectivity index is 2.11. The molecule has 1 atom stereocenters. The Kier molecular flexibility index (Phi) is 4.39. The molecular weight excluding hydrogens is 264 g/mol. The van der Waals surface area contributed by atoms with Gasteiger partial charge in [0.2, 0.25) is 0 Å². The maximum atomic E-state index is 10.2. The van der Waals surface area contributed by atoms with Crippen molar-refractivity contribution < 1.29 is 14.6 Å². The van der Waals surface area contributed by atoms with Gasteiger partial charge in [0.1, 0.15) is 5.75 Å². The molecule has 1 heterocycles. The van der Waals surface area contributed by atoms with Crippen molar-refractivity contribution in [1.82, 2.24) is 0 Å². The fourth-order valence-corrected chi connectivity index (χ4v) is 2.74. The lowest BCUT2D eigenvalue weighted by Gasteiger charge is -2.26. The van der Waals surface area contributed by atoms with E-state index in [0.717, 1.165) is 23.3 Å². The van der Waals surface area contributed by atoms with Crippen LogP contribution in [-0.2, 0) is 17.6 Å². The van der Waals surface area contributed by atoms with E-state index in [0.29, 0.717) is 24.5 Å². The molecule has 1 unspecified atom stereocenters. The Morgan fingerprint density at radius 1 is 1.47 bits per heavy atom. The van der Waals surface area contributed by atoms with Gasteiger partial charge in [-0.05, 0) is 37.1 Å². The van der Waals surface area contributed by atoms with E-state index in [-0.39, 0.29) is 5.60 Å². The van der Waals surface area contributed by atoms with Gasteiger partial charge < -0.3 is 14.6 Å². The number of aliphatic hydroxyl groups is 1. The second kappa shape index (κ2) is 5.70. The number of hydrogen-bond acceptors (Lipinski definition) is 3. The Hall–Kier alpha value is -0.770. The van der Waals surface area contributed by atoms with Gasteiger partial charge in [-0.2, -0.15) is 0 Å². The lowest BCUT2D eigenvalue weighted by molar-refractivity contribution is -0.0191. The number of benzene rings is 1. The molecule has 0 fully saturated rings. The number of halogens is 1. The Morgan fingerprint density at radius 2 is 2.21 bits per heavy atom. The second-order valence-electron chi connectivity index (χ2n) is 5.68. The quantitative estimate of drug-likeness (QED) is 0.903. The number of ether oxygens (including phenoxy) is 2. The highest BCUT2D eigenvalue weighted by Gasteiger charge is 2.24. The summed E-state index contributed by atoms with van der Waals surface area (Å²) in [7, 11) is 1.66. The van der Waals surface area contributed by atoms with E-state index in [9.17, 15) is 5.11 Å². The van der Waals surface area contributed by atoms with Gasteiger partial charge in [0.15, 0.2) is 0 Å². The molecule has 4 heteroatoms. The van der Waals surface area contributed by atoms with Crippen molar-refractivity contribution in [2.24, 2.45) is 0 Å². The smallest absolute Gasteiger partial charge is 0.126 e. The summed E-state index contributed by atoms with van der Waals surface area (Å²) in [6.07, 6.45) is 1.53. The van der Waals surface area contributed by atoms with Crippen LogP contribution in [0, 0.1) is 0 Å². The van der Waals surface area contributed by atoms with Crippen LogP contribution in [0.3, 0.4) is 0 Å². The molecule has 1 aromatic rings. The third-order valence-electron chi connectivity index (χ3n) is 3.56. The van der Waals surface area contributed by atoms with Crippen molar-refractivity contribution in [3.05, 3.63) is 28.3 Å². The van der Waals surface area contributed by atoms with Gasteiger partial charge in [0.25, 0.3) is 0 Å². The van der Waals surface area contributed by atoms with Crippen molar-refractivity contribution in [1.29, 1.82) is 0 Å². The average Bonchev–Trinajstić information content (AvgIpc) is 2.76. The first-order chi connectivity index (χ1) is 8.91. The summed E-state index contributed by atoms with van der Waals surface area (Å²) in [5.41, 5.74) is 1.79. The van der Waals surface area contributed by atoms with Crippen LogP contribution in [0.1, 0.15) is 31.4 Å². The molecule has 3 nitrogen and oxygen atoms in total. The van der Waals surface area contributed by atoms with Crippen LogP contribution in [0.4, 0.5) is 0 Å². The zero-order chi connectivity index (χ0) is 14.0. The molecule has 0 bridgehead atoms. The Bertz CT molecular complexity index is 457. The number of aliphatic hydroxyl groups excluding tert-OH is 1. The maximum absolute atomic E-state index is 10.2. The predicted molar refractivity (Wildman–Crippen MR) is 76.1 cm³/mol. The van der Waals surface area contributed by atoms with Gasteiger partial charge in [-0.25, -0.2) is 0 Å². The molecule has 0 saturated heterocycles. The van der Waals surface area contributed by atoms with Gasteiger partial charge >= 0.3 is 0 Å². The van der Waals surface area contributed by atoms with E-state index < -0.39 is 6.10 Å². The molecule has 0 saturated carbocycles. The monoisotopic (exact) mass is 284 g/mol. The molecule has 1 N–H and O–H groups in total. The number of hydrogen-bond donors (Lipinski definition) is 1. The van der Waals surface area contributed by atoms with E-state index >= 15 is 0 Å². The predicted octanol–water partition coefficient (Wildman–Crippen LogP) is 2.99. The van der Waals surface area contributed by atoms with Crippen molar-refractivity contribution in [3.8, 4) is 5.75 Å². The third kappa shape index (κ3) is 3.62. The largest absolute Gasteiger partial charge is 0.493 e. The summed E-state index contributed by atoms with van der Waals surface area (Å²) in [6.45, 7) is 4.63. The van der Waals surface area contributed by atoms with E-state index in [4.69, 9.17) is 21.1 Å². The van der Waals surface area contributed by atoms with Crippen LogP contribution in [0.25, 0.3) is 0 Å². The standard InChI is InChI=1S/C15H21ClO3/c1-15(2,18-3)9-13(17)8-11-7-12(16)6-10-4-5-19-14(10)11/h6-7,13,17H,4-5,8-9H2,1-3H3. The molecule has 0 aliphatic carbocycles. The molecule has 1 aliphatic rings. The van der Waals surface area contributed by atoms with Crippen molar-refractivity contribution in [2.45, 2.75) is 44.8 Å². The zero-order valence-corrected chi connectivity index (χ0v) is 12.5.